The highest BCUT2D eigenvalue weighted by atomic mass is 32.2. The maximum Gasteiger partial charge on any atom is 0.281 e. The van der Waals surface area contributed by atoms with E-state index in [1.54, 1.807) is 17.3 Å². The maximum absolute atomic E-state index is 12.5. The Balaban J connectivity index is 1.81. The highest BCUT2D eigenvalue weighted by Crippen LogP contribution is 2.33. The predicted molar refractivity (Wildman–Crippen MR) is 81.6 cm³/mol. The lowest BCUT2D eigenvalue weighted by Crippen LogP contribution is -2.50. The molecule has 0 saturated carbocycles. The Morgan fingerprint density at radius 2 is 2.15 bits per heavy atom. The molecule has 0 atom stereocenters. The predicted octanol–water partition coefficient (Wildman–Crippen LogP) is 1.53. The molecule has 0 bridgehead atoms. The number of hydrogen-bond donors (Lipinski definition) is 0. The minimum absolute atomic E-state index is 0.0763. The van der Waals surface area contributed by atoms with Gasteiger partial charge in [-0.05, 0) is 18.2 Å². The van der Waals surface area contributed by atoms with Gasteiger partial charge in [-0.25, -0.2) is 10.0 Å². The van der Waals surface area contributed by atoms with Gasteiger partial charge in [-0.1, -0.05) is 30.0 Å². The van der Waals surface area contributed by atoms with Crippen molar-refractivity contribution in [3.05, 3.63) is 35.0 Å². The van der Waals surface area contributed by atoms with Gasteiger partial charge in [0.2, 0.25) is 0 Å². The zero-order valence-corrected chi connectivity index (χ0v) is 12.3. The van der Waals surface area contributed by atoms with Crippen molar-refractivity contribution in [3.63, 3.8) is 0 Å². The number of amides is 1. The molecule has 7 heteroatoms. The highest BCUT2D eigenvalue weighted by Gasteiger charge is 2.36. The molecule has 0 N–H and O–H groups in total. The highest BCUT2D eigenvalue weighted by molar-refractivity contribution is 8.26. The van der Waals surface area contributed by atoms with Gasteiger partial charge >= 0.3 is 0 Å². The van der Waals surface area contributed by atoms with Gasteiger partial charge in [0.05, 0.1) is 23.8 Å². The second kappa shape index (κ2) is 6.01. The number of thioether (sulfide) groups is 1. The molecule has 1 aromatic rings. The lowest BCUT2D eigenvalue weighted by atomic mass is 10.3. The average Bonchev–Trinajstić information content (AvgIpc) is 2.75. The van der Waals surface area contributed by atoms with Crippen LogP contribution in [0.1, 0.15) is 5.69 Å². The summed E-state index contributed by atoms with van der Waals surface area (Å²) in [5.74, 6) is -0.0763. The number of hydrazine groups is 1. The monoisotopic (exact) mass is 307 g/mol. The molecule has 104 valence electrons. The summed E-state index contributed by atoms with van der Waals surface area (Å²) in [5.41, 5.74) is 0.759. The van der Waals surface area contributed by atoms with Gasteiger partial charge in [0.1, 0.15) is 0 Å². The Bertz CT molecular complexity index is 556. The molecule has 3 rings (SSSR count). The third-order valence-corrected chi connectivity index (χ3v) is 4.29. The van der Waals surface area contributed by atoms with Crippen LogP contribution in [-0.4, -0.2) is 51.5 Å². The molecule has 2 fully saturated rings. The standard InChI is InChI=1S/C13H13N3O2S2/c17-12-11(9-10-3-1-2-4-14-10)20-13(19)16(12)15-5-7-18-8-6-15/h1-4,9H,5-8H2/b11-9-. The van der Waals surface area contributed by atoms with Crippen LogP contribution in [-0.2, 0) is 9.53 Å². The fraction of sp³-hybridized carbons (Fsp3) is 0.308. The number of rotatable bonds is 2. The second-order valence-corrected chi connectivity index (χ2v) is 5.99. The normalized spacial score (nSPS) is 22.8. The SMILES string of the molecule is O=C1/C(=C/c2ccccn2)SC(=S)N1N1CCOCC1. The summed E-state index contributed by atoms with van der Waals surface area (Å²) in [6, 6.07) is 5.60. The van der Waals surface area contributed by atoms with Crippen molar-refractivity contribution < 1.29 is 9.53 Å². The zero-order chi connectivity index (χ0) is 13.9. The molecule has 0 spiro atoms. The van der Waals surface area contributed by atoms with Crippen LogP contribution < -0.4 is 0 Å². The van der Waals surface area contributed by atoms with E-state index in [2.05, 4.69) is 4.98 Å². The molecule has 0 aliphatic carbocycles. The Morgan fingerprint density at radius 3 is 2.85 bits per heavy atom. The average molecular weight is 307 g/mol. The molecule has 1 aromatic heterocycles. The van der Waals surface area contributed by atoms with E-state index >= 15 is 0 Å². The fourth-order valence-corrected chi connectivity index (χ4v) is 3.35. The van der Waals surface area contributed by atoms with Gasteiger partial charge in [-0.15, -0.1) is 0 Å². The van der Waals surface area contributed by atoms with Crippen molar-refractivity contribution in [2.75, 3.05) is 26.3 Å². The first-order chi connectivity index (χ1) is 9.75. The Morgan fingerprint density at radius 1 is 1.35 bits per heavy atom. The van der Waals surface area contributed by atoms with Gasteiger partial charge in [0, 0.05) is 19.3 Å². The van der Waals surface area contributed by atoms with Crippen LogP contribution in [0.5, 0.6) is 0 Å². The van der Waals surface area contributed by atoms with Crippen molar-refractivity contribution in [3.8, 4) is 0 Å². The van der Waals surface area contributed by atoms with Crippen molar-refractivity contribution in [1.29, 1.82) is 0 Å². The smallest absolute Gasteiger partial charge is 0.281 e. The summed E-state index contributed by atoms with van der Waals surface area (Å²) < 4.78 is 5.87. The molecular weight excluding hydrogens is 294 g/mol. The van der Waals surface area contributed by atoms with Crippen LogP contribution in [0.3, 0.4) is 0 Å². The number of morpholine rings is 1. The Kier molecular flexibility index (Phi) is 4.11. The van der Waals surface area contributed by atoms with Gasteiger partial charge in [0.15, 0.2) is 4.32 Å². The number of nitrogens with zero attached hydrogens (tertiary/aromatic N) is 3. The van der Waals surface area contributed by atoms with Crippen LogP contribution in [0.4, 0.5) is 0 Å². The summed E-state index contributed by atoms with van der Waals surface area (Å²) in [6.07, 6.45) is 3.48. The van der Waals surface area contributed by atoms with Crippen LogP contribution in [0.2, 0.25) is 0 Å². The first kappa shape index (κ1) is 13.7. The van der Waals surface area contributed by atoms with Gasteiger partial charge in [-0.3, -0.25) is 9.78 Å². The number of aromatic nitrogens is 1. The van der Waals surface area contributed by atoms with Crippen LogP contribution >= 0.6 is 24.0 Å². The lowest BCUT2D eigenvalue weighted by molar-refractivity contribution is -0.138. The van der Waals surface area contributed by atoms with Crippen LogP contribution in [0.15, 0.2) is 29.3 Å². The molecule has 0 aromatic carbocycles. The minimum atomic E-state index is -0.0763. The Labute approximate surface area is 126 Å². The van der Waals surface area contributed by atoms with E-state index in [1.807, 2.05) is 23.2 Å². The first-order valence-corrected chi connectivity index (χ1v) is 7.50. The van der Waals surface area contributed by atoms with Crippen molar-refractivity contribution >= 4 is 40.3 Å². The number of ether oxygens (including phenoxy) is 1. The third-order valence-electron chi connectivity index (χ3n) is 3.01. The molecule has 2 aliphatic rings. The van der Waals surface area contributed by atoms with Crippen molar-refractivity contribution in [1.82, 2.24) is 15.0 Å². The molecule has 0 unspecified atom stereocenters. The second-order valence-electron chi connectivity index (χ2n) is 4.31. The topological polar surface area (TPSA) is 45.7 Å². The van der Waals surface area contributed by atoms with Crippen molar-refractivity contribution in [2.45, 2.75) is 0 Å². The van der Waals surface area contributed by atoms with Crippen molar-refractivity contribution in [2.24, 2.45) is 0 Å². The first-order valence-electron chi connectivity index (χ1n) is 6.27. The van der Waals surface area contributed by atoms with E-state index in [4.69, 9.17) is 17.0 Å². The maximum atomic E-state index is 12.5. The fourth-order valence-electron chi connectivity index (χ4n) is 2.05. The van der Waals surface area contributed by atoms with Crippen LogP contribution in [0, 0.1) is 0 Å². The molecule has 2 aliphatic heterocycles. The van der Waals surface area contributed by atoms with E-state index < -0.39 is 0 Å². The van der Waals surface area contributed by atoms with E-state index in [0.29, 0.717) is 35.5 Å². The molecule has 1 amide bonds. The van der Waals surface area contributed by atoms with E-state index in [-0.39, 0.29) is 5.91 Å². The summed E-state index contributed by atoms with van der Waals surface area (Å²) in [4.78, 5) is 17.3. The summed E-state index contributed by atoms with van der Waals surface area (Å²) in [7, 11) is 0. The minimum Gasteiger partial charge on any atom is -0.379 e. The van der Waals surface area contributed by atoms with E-state index in [1.165, 1.54) is 11.8 Å². The van der Waals surface area contributed by atoms with E-state index in [0.717, 1.165) is 5.69 Å². The van der Waals surface area contributed by atoms with Gasteiger partial charge in [-0.2, -0.15) is 0 Å². The molecule has 3 heterocycles. The Hall–Kier alpha value is -1.28. The molecule has 20 heavy (non-hydrogen) atoms. The van der Waals surface area contributed by atoms with E-state index in [9.17, 15) is 4.79 Å². The summed E-state index contributed by atoms with van der Waals surface area (Å²) in [5, 5.41) is 3.53. The molecule has 0 radical (unpaired) electrons. The number of hydrogen-bond acceptors (Lipinski definition) is 6. The van der Waals surface area contributed by atoms with Gasteiger partial charge < -0.3 is 4.74 Å². The van der Waals surface area contributed by atoms with Crippen LogP contribution in [0.25, 0.3) is 6.08 Å². The number of thiocarbonyl (C=S) groups is 1. The van der Waals surface area contributed by atoms with Gasteiger partial charge in [0.25, 0.3) is 5.91 Å². The largest absolute Gasteiger partial charge is 0.379 e. The lowest BCUT2D eigenvalue weighted by Gasteiger charge is -2.33. The molecule has 2 saturated heterocycles. The summed E-state index contributed by atoms with van der Waals surface area (Å²) in [6.45, 7) is 2.61. The quantitative estimate of drug-likeness (QED) is 0.610. The molecular formula is C13H13N3O2S2. The number of carbonyl (C=O) groups is 1. The molecule has 5 nitrogen and oxygen atoms in total. The zero-order valence-electron chi connectivity index (χ0n) is 10.7. The number of carbonyl (C=O) groups excluding carboxylic acids is 1. The number of pyridine rings is 1. The third kappa shape index (κ3) is 2.76. The summed E-state index contributed by atoms with van der Waals surface area (Å²) >= 11 is 6.63.